The van der Waals surface area contributed by atoms with Gasteiger partial charge in [-0.25, -0.2) is 4.98 Å². The minimum atomic E-state index is -0.457. The summed E-state index contributed by atoms with van der Waals surface area (Å²) in [6.07, 6.45) is 0. The van der Waals surface area contributed by atoms with Gasteiger partial charge in [0.05, 0.1) is 16.4 Å². The summed E-state index contributed by atoms with van der Waals surface area (Å²) in [5.41, 5.74) is 2.36. The number of carbonyl (C=O) groups excluding carboxylic acids is 1. The van der Waals surface area contributed by atoms with Gasteiger partial charge in [-0.05, 0) is 0 Å². The molecule has 0 radical (unpaired) electrons. The van der Waals surface area contributed by atoms with Crippen molar-refractivity contribution in [2.24, 2.45) is 7.05 Å². The number of benzene rings is 2. The van der Waals surface area contributed by atoms with Crippen LogP contribution in [0.1, 0.15) is 0 Å². The molecular weight excluding hydrogens is 436 g/mol. The second-order valence-corrected chi connectivity index (χ2v) is 8.21. The third-order valence-corrected chi connectivity index (χ3v) is 6.08. The highest BCUT2D eigenvalue weighted by molar-refractivity contribution is 7.99. The van der Waals surface area contributed by atoms with E-state index in [0.717, 1.165) is 11.3 Å². The average Bonchev–Trinajstić information content (AvgIpc) is 3.39. The van der Waals surface area contributed by atoms with Crippen LogP contribution >= 0.6 is 23.1 Å². The number of non-ortho nitro benzene ring substituents is 1. The molecule has 0 saturated heterocycles. The Morgan fingerprint density at radius 2 is 1.94 bits per heavy atom. The predicted octanol–water partition coefficient (Wildman–Crippen LogP) is 4.24. The first-order valence-electron chi connectivity index (χ1n) is 9.09. The van der Waals surface area contributed by atoms with Crippen molar-refractivity contribution in [3.63, 3.8) is 0 Å². The van der Waals surface area contributed by atoms with Crippen LogP contribution in [0, 0.1) is 10.1 Å². The molecule has 0 saturated carbocycles. The van der Waals surface area contributed by atoms with Crippen LogP contribution in [0.25, 0.3) is 22.6 Å². The number of thiazole rings is 1. The van der Waals surface area contributed by atoms with Crippen molar-refractivity contribution in [2.45, 2.75) is 5.16 Å². The van der Waals surface area contributed by atoms with Gasteiger partial charge in [-0.1, -0.05) is 54.2 Å². The zero-order valence-electron chi connectivity index (χ0n) is 16.3. The van der Waals surface area contributed by atoms with Gasteiger partial charge in [0.15, 0.2) is 16.1 Å². The first-order valence-corrected chi connectivity index (χ1v) is 11.0. The van der Waals surface area contributed by atoms with Gasteiger partial charge in [0.25, 0.3) is 5.69 Å². The summed E-state index contributed by atoms with van der Waals surface area (Å²) >= 11 is 2.59. The van der Waals surface area contributed by atoms with Gasteiger partial charge < -0.3 is 9.88 Å². The van der Waals surface area contributed by atoms with Gasteiger partial charge in [-0.2, -0.15) is 0 Å². The van der Waals surface area contributed by atoms with Crippen molar-refractivity contribution in [1.82, 2.24) is 19.7 Å². The van der Waals surface area contributed by atoms with Gasteiger partial charge in [0.1, 0.15) is 0 Å². The molecule has 11 heteroatoms. The van der Waals surface area contributed by atoms with Crippen LogP contribution in [0.3, 0.4) is 0 Å². The van der Waals surface area contributed by atoms with Gasteiger partial charge in [0.2, 0.25) is 5.91 Å². The molecule has 1 N–H and O–H groups in total. The fourth-order valence-corrected chi connectivity index (χ4v) is 4.26. The van der Waals surface area contributed by atoms with Crippen LogP contribution < -0.4 is 5.32 Å². The predicted molar refractivity (Wildman–Crippen MR) is 120 cm³/mol. The second-order valence-electron chi connectivity index (χ2n) is 6.41. The number of rotatable bonds is 7. The van der Waals surface area contributed by atoms with Crippen LogP contribution in [0.2, 0.25) is 0 Å². The second kappa shape index (κ2) is 9.06. The summed E-state index contributed by atoms with van der Waals surface area (Å²) in [5, 5.41) is 25.0. The third-order valence-electron chi connectivity index (χ3n) is 4.30. The number of anilines is 1. The minimum absolute atomic E-state index is 0.0209. The summed E-state index contributed by atoms with van der Waals surface area (Å²) in [4.78, 5) is 27.3. The van der Waals surface area contributed by atoms with Crippen molar-refractivity contribution < 1.29 is 9.72 Å². The number of hydrogen-bond donors (Lipinski definition) is 1. The average molecular weight is 453 g/mol. The fraction of sp³-hybridized carbons (Fsp3) is 0.100. The molecule has 2 heterocycles. The first kappa shape index (κ1) is 20.7. The molecule has 0 fully saturated rings. The van der Waals surface area contributed by atoms with Crippen molar-refractivity contribution in [1.29, 1.82) is 0 Å². The molecule has 156 valence electrons. The van der Waals surface area contributed by atoms with E-state index in [4.69, 9.17) is 0 Å². The molecule has 0 unspecified atom stereocenters. The highest BCUT2D eigenvalue weighted by Crippen LogP contribution is 2.27. The normalized spacial score (nSPS) is 10.7. The smallest absolute Gasteiger partial charge is 0.270 e. The van der Waals surface area contributed by atoms with Gasteiger partial charge in [-0.15, -0.1) is 21.5 Å². The number of nitrogens with zero attached hydrogens (tertiary/aromatic N) is 5. The Balaban J connectivity index is 1.39. The lowest BCUT2D eigenvalue weighted by Gasteiger charge is -2.04. The number of carbonyl (C=O) groups is 1. The van der Waals surface area contributed by atoms with E-state index in [-0.39, 0.29) is 17.3 Å². The largest absolute Gasteiger partial charge is 0.305 e. The van der Waals surface area contributed by atoms with Crippen LogP contribution in [0.15, 0.2) is 65.1 Å². The fourth-order valence-electron chi connectivity index (χ4n) is 2.81. The molecule has 0 aliphatic carbocycles. The van der Waals surface area contributed by atoms with Crippen LogP contribution in [0.4, 0.5) is 10.8 Å². The van der Waals surface area contributed by atoms with Crippen molar-refractivity contribution in [2.75, 3.05) is 11.1 Å². The molecule has 9 nitrogen and oxygen atoms in total. The van der Waals surface area contributed by atoms with E-state index in [1.165, 1.54) is 35.2 Å². The number of nitro groups is 1. The maximum atomic E-state index is 12.3. The molecule has 0 aliphatic rings. The number of nitrogens with one attached hydrogen (secondary N) is 1. The lowest BCUT2D eigenvalue weighted by Crippen LogP contribution is -2.14. The lowest BCUT2D eigenvalue weighted by molar-refractivity contribution is -0.384. The van der Waals surface area contributed by atoms with E-state index in [0.29, 0.717) is 21.7 Å². The van der Waals surface area contributed by atoms with E-state index in [2.05, 4.69) is 20.5 Å². The molecule has 0 aliphatic heterocycles. The topological polar surface area (TPSA) is 116 Å². The summed E-state index contributed by atoms with van der Waals surface area (Å²) in [6, 6.07) is 15.9. The molecule has 2 aromatic carbocycles. The Hall–Kier alpha value is -3.57. The first-order chi connectivity index (χ1) is 15.0. The van der Waals surface area contributed by atoms with Crippen LogP contribution in [-0.4, -0.2) is 36.3 Å². The molecule has 4 rings (SSSR count). The molecule has 4 aromatic rings. The number of hydrogen-bond acceptors (Lipinski definition) is 8. The van der Waals surface area contributed by atoms with E-state index < -0.39 is 4.92 Å². The molecule has 0 spiro atoms. The minimum Gasteiger partial charge on any atom is -0.305 e. The van der Waals surface area contributed by atoms with E-state index in [1.54, 1.807) is 23.7 Å². The third kappa shape index (κ3) is 4.78. The van der Waals surface area contributed by atoms with Crippen molar-refractivity contribution >= 4 is 39.8 Å². The van der Waals surface area contributed by atoms with Crippen molar-refractivity contribution in [3.8, 4) is 22.6 Å². The monoisotopic (exact) mass is 452 g/mol. The summed E-state index contributed by atoms with van der Waals surface area (Å²) in [6.45, 7) is 0. The Bertz CT molecular complexity index is 1240. The Kier molecular flexibility index (Phi) is 6.05. The summed E-state index contributed by atoms with van der Waals surface area (Å²) in [7, 11) is 1.75. The van der Waals surface area contributed by atoms with E-state index >= 15 is 0 Å². The van der Waals surface area contributed by atoms with Gasteiger partial charge >= 0.3 is 0 Å². The Morgan fingerprint density at radius 1 is 1.16 bits per heavy atom. The van der Waals surface area contributed by atoms with Crippen molar-refractivity contribution in [3.05, 3.63) is 70.1 Å². The lowest BCUT2D eigenvalue weighted by atomic mass is 10.2. The maximum absolute atomic E-state index is 12.3. The quantitative estimate of drug-likeness (QED) is 0.253. The highest BCUT2D eigenvalue weighted by Gasteiger charge is 2.16. The Labute approximate surface area is 185 Å². The number of nitro benzene ring substituents is 1. The maximum Gasteiger partial charge on any atom is 0.270 e. The highest BCUT2D eigenvalue weighted by atomic mass is 32.2. The zero-order valence-corrected chi connectivity index (χ0v) is 17.9. The van der Waals surface area contributed by atoms with E-state index in [9.17, 15) is 14.9 Å². The van der Waals surface area contributed by atoms with Gasteiger partial charge in [-0.3, -0.25) is 14.9 Å². The number of thioether (sulfide) groups is 1. The molecule has 0 atom stereocenters. The molecule has 0 bridgehead atoms. The zero-order chi connectivity index (χ0) is 21.8. The SMILES string of the molecule is Cn1c(SCC(=O)Nc2nc(-c3ccccc3)cs2)nnc1-c1cccc([N+](=O)[O-])c1. The summed E-state index contributed by atoms with van der Waals surface area (Å²) in [5.74, 6) is 0.402. The van der Waals surface area contributed by atoms with Gasteiger partial charge in [0, 0.05) is 35.7 Å². The summed E-state index contributed by atoms with van der Waals surface area (Å²) < 4.78 is 1.70. The standard InChI is InChI=1S/C20H16N6O3S2/c1-25-18(14-8-5-9-15(10-14)26(28)29)23-24-20(25)31-12-17(27)22-19-21-16(11-30-19)13-6-3-2-4-7-13/h2-11H,12H2,1H3,(H,21,22,27). The Morgan fingerprint density at radius 3 is 2.71 bits per heavy atom. The van der Waals surface area contributed by atoms with Crippen LogP contribution in [-0.2, 0) is 11.8 Å². The molecule has 31 heavy (non-hydrogen) atoms. The number of amides is 1. The number of aromatic nitrogens is 4. The molecular formula is C20H16N6O3S2. The van der Waals surface area contributed by atoms with E-state index in [1.807, 2.05) is 35.7 Å². The molecule has 2 aromatic heterocycles. The van der Waals surface area contributed by atoms with Crippen LogP contribution in [0.5, 0.6) is 0 Å². The molecule has 1 amide bonds.